The van der Waals surface area contributed by atoms with Crippen LogP contribution in [0.3, 0.4) is 0 Å². The molecule has 1 aliphatic rings. The largest absolute Gasteiger partial charge is 0.280 e. The van der Waals surface area contributed by atoms with Crippen molar-refractivity contribution in [2.75, 3.05) is 22.7 Å². The van der Waals surface area contributed by atoms with Gasteiger partial charge in [0.05, 0.1) is 15.5 Å². The third kappa shape index (κ3) is 4.54. The second-order valence-electron chi connectivity index (χ2n) is 7.29. The molecule has 2 amide bonds. The van der Waals surface area contributed by atoms with Gasteiger partial charge in [-0.3, -0.25) is 19.2 Å². The quantitative estimate of drug-likeness (QED) is 0.581. The molecule has 172 valence electrons. The first-order valence-corrected chi connectivity index (χ1v) is 13.0. The van der Waals surface area contributed by atoms with E-state index in [1.807, 2.05) is 0 Å². The summed E-state index contributed by atoms with van der Waals surface area (Å²) in [6.45, 7) is 5.77. The van der Waals surface area contributed by atoms with Crippen LogP contribution in [0.25, 0.3) is 0 Å². The van der Waals surface area contributed by atoms with Gasteiger partial charge in [-0.1, -0.05) is 13.8 Å². The van der Waals surface area contributed by atoms with Crippen LogP contribution in [0.15, 0.2) is 52.3 Å². The lowest BCUT2D eigenvalue weighted by Crippen LogP contribution is -2.30. The molecule has 0 unspecified atom stereocenters. The highest BCUT2D eigenvalue weighted by Crippen LogP contribution is 2.29. The molecule has 0 saturated carbocycles. The van der Waals surface area contributed by atoms with Crippen LogP contribution in [0, 0.1) is 6.92 Å². The molecule has 0 radical (unpaired) electrons. The van der Waals surface area contributed by atoms with E-state index in [4.69, 9.17) is 0 Å². The van der Waals surface area contributed by atoms with Crippen molar-refractivity contribution in [2.24, 2.45) is 0 Å². The van der Waals surface area contributed by atoms with E-state index < -0.39 is 20.0 Å². The van der Waals surface area contributed by atoms with Crippen molar-refractivity contribution in [3.8, 4) is 0 Å². The number of carbonyl (C=O) groups excluding carboxylic acids is 2. The van der Waals surface area contributed by atoms with Crippen molar-refractivity contribution < 1.29 is 26.4 Å². The summed E-state index contributed by atoms with van der Waals surface area (Å²) < 4.78 is 54.5. The van der Waals surface area contributed by atoms with Crippen LogP contribution >= 0.6 is 0 Å². The molecule has 32 heavy (non-hydrogen) atoms. The molecule has 1 fully saturated rings. The van der Waals surface area contributed by atoms with Crippen molar-refractivity contribution in [2.45, 2.75) is 43.4 Å². The van der Waals surface area contributed by atoms with Crippen LogP contribution in [0.4, 0.5) is 11.4 Å². The number of benzene rings is 2. The van der Waals surface area contributed by atoms with Gasteiger partial charge >= 0.3 is 0 Å². The number of aryl methyl sites for hydroxylation is 1. The molecule has 1 N–H and O–H groups in total. The normalized spacial score (nSPS) is 14.9. The Hall–Kier alpha value is -2.76. The highest BCUT2D eigenvalue weighted by molar-refractivity contribution is 7.92. The first-order valence-electron chi connectivity index (χ1n) is 10.1. The molecule has 0 atom stereocenters. The molecule has 1 aliphatic heterocycles. The summed E-state index contributed by atoms with van der Waals surface area (Å²) in [6.07, 6.45) is 0.278. The van der Waals surface area contributed by atoms with Gasteiger partial charge in [-0.25, -0.2) is 16.8 Å². The Labute approximate surface area is 188 Å². The Morgan fingerprint density at radius 3 is 1.91 bits per heavy atom. The Kier molecular flexibility index (Phi) is 6.72. The zero-order valence-corrected chi connectivity index (χ0v) is 19.7. The molecule has 11 heteroatoms. The van der Waals surface area contributed by atoms with E-state index in [2.05, 4.69) is 4.72 Å². The van der Waals surface area contributed by atoms with Gasteiger partial charge in [0.25, 0.3) is 10.0 Å². The van der Waals surface area contributed by atoms with E-state index in [-0.39, 0.29) is 40.1 Å². The van der Waals surface area contributed by atoms with E-state index >= 15 is 0 Å². The second kappa shape index (κ2) is 9.00. The highest BCUT2D eigenvalue weighted by Gasteiger charge is 2.31. The van der Waals surface area contributed by atoms with Crippen molar-refractivity contribution in [1.82, 2.24) is 4.31 Å². The molecule has 2 aromatic rings. The van der Waals surface area contributed by atoms with Gasteiger partial charge in [0.2, 0.25) is 21.8 Å². The third-order valence-corrected chi connectivity index (χ3v) is 8.66. The number of hydrogen-bond acceptors (Lipinski definition) is 6. The number of anilines is 2. The highest BCUT2D eigenvalue weighted by atomic mass is 32.2. The number of nitrogens with zero attached hydrogens (tertiary/aromatic N) is 2. The van der Waals surface area contributed by atoms with E-state index in [0.29, 0.717) is 24.3 Å². The van der Waals surface area contributed by atoms with Gasteiger partial charge in [-0.15, -0.1) is 0 Å². The van der Waals surface area contributed by atoms with Gasteiger partial charge in [-0.2, -0.15) is 4.31 Å². The fraction of sp³-hybridized carbons (Fsp3) is 0.333. The first-order chi connectivity index (χ1) is 15.0. The fourth-order valence-corrected chi connectivity index (χ4v) is 6.11. The Morgan fingerprint density at radius 2 is 1.41 bits per heavy atom. The zero-order valence-electron chi connectivity index (χ0n) is 18.0. The summed E-state index contributed by atoms with van der Waals surface area (Å²) in [5, 5.41) is 0. The molecule has 0 aliphatic carbocycles. The summed E-state index contributed by atoms with van der Waals surface area (Å²) in [5.41, 5.74) is 1.04. The fourth-order valence-electron chi connectivity index (χ4n) is 3.51. The molecule has 0 bridgehead atoms. The first kappa shape index (κ1) is 23.9. The van der Waals surface area contributed by atoms with Gasteiger partial charge in [0.1, 0.15) is 0 Å². The van der Waals surface area contributed by atoms with E-state index in [1.165, 1.54) is 46.8 Å². The number of hydrogen-bond donors (Lipinski definition) is 1. The molecular formula is C21H25N3O6S2. The second-order valence-corrected chi connectivity index (χ2v) is 10.9. The number of sulfonamides is 2. The van der Waals surface area contributed by atoms with Gasteiger partial charge in [-0.05, 0) is 55.0 Å². The number of imide groups is 1. The molecule has 9 nitrogen and oxygen atoms in total. The summed E-state index contributed by atoms with van der Waals surface area (Å²) in [5.74, 6) is -0.627. The molecule has 0 aromatic heterocycles. The maximum Gasteiger partial charge on any atom is 0.261 e. The molecule has 1 heterocycles. The zero-order chi connectivity index (χ0) is 23.7. The van der Waals surface area contributed by atoms with E-state index in [9.17, 15) is 26.4 Å². The molecule has 3 rings (SSSR count). The minimum absolute atomic E-state index is 0.0438. The average molecular weight is 480 g/mol. The molecule has 0 spiro atoms. The standard InChI is InChI=1S/C21H25N3O6S2/c1-4-23(5-2)32(29,30)17-8-6-16(7-9-17)22-31(27,28)18-10-11-19(15(3)14-18)24-20(25)12-13-21(24)26/h6-11,14,22H,4-5,12-13H2,1-3H3. The van der Waals surface area contributed by atoms with Crippen LogP contribution in [0.5, 0.6) is 0 Å². The topological polar surface area (TPSA) is 121 Å². The van der Waals surface area contributed by atoms with Crippen molar-refractivity contribution in [1.29, 1.82) is 0 Å². The Morgan fingerprint density at radius 1 is 0.875 bits per heavy atom. The monoisotopic (exact) mass is 479 g/mol. The summed E-state index contributed by atoms with van der Waals surface area (Å²) >= 11 is 0. The Bertz CT molecular complexity index is 1230. The SMILES string of the molecule is CCN(CC)S(=O)(=O)c1ccc(NS(=O)(=O)c2ccc(N3C(=O)CCC3=O)c(C)c2)cc1. The average Bonchev–Trinajstić information content (AvgIpc) is 3.07. The van der Waals surface area contributed by atoms with Crippen molar-refractivity contribution in [3.05, 3.63) is 48.0 Å². The lowest BCUT2D eigenvalue weighted by atomic mass is 10.2. The van der Waals surface area contributed by atoms with Crippen LogP contribution in [0.2, 0.25) is 0 Å². The van der Waals surface area contributed by atoms with Crippen LogP contribution < -0.4 is 9.62 Å². The predicted molar refractivity (Wildman–Crippen MR) is 120 cm³/mol. The lowest BCUT2D eigenvalue weighted by molar-refractivity contribution is -0.121. The maximum absolute atomic E-state index is 12.8. The summed E-state index contributed by atoms with van der Waals surface area (Å²) in [4.78, 5) is 25.0. The van der Waals surface area contributed by atoms with Gasteiger partial charge in [0, 0.05) is 31.6 Å². The van der Waals surface area contributed by atoms with Crippen LogP contribution in [-0.4, -0.2) is 46.0 Å². The van der Waals surface area contributed by atoms with Crippen molar-refractivity contribution >= 4 is 43.2 Å². The molecule has 1 saturated heterocycles. The summed E-state index contributed by atoms with van der Waals surface area (Å²) in [7, 11) is -7.62. The van der Waals surface area contributed by atoms with Crippen LogP contribution in [0.1, 0.15) is 32.3 Å². The minimum Gasteiger partial charge on any atom is -0.280 e. The predicted octanol–water partition coefficient (Wildman–Crippen LogP) is 2.48. The van der Waals surface area contributed by atoms with Crippen LogP contribution in [-0.2, 0) is 29.6 Å². The third-order valence-electron chi connectivity index (χ3n) is 5.22. The van der Waals surface area contributed by atoms with E-state index in [0.717, 1.165) is 4.90 Å². The maximum atomic E-state index is 12.8. The summed E-state index contributed by atoms with van der Waals surface area (Å²) in [6, 6.07) is 9.62. The lowest BCUT2D eigenvalue weighted by Gasteiger charge is -2.19. The minimum atomic E-state index is -3.98. The number of rotatable bonds is 8. The molecule has 2 aromatic carbocycles. The number of amides is 2. The number of carbonyl (C=O) groups is 2. The van der Waals surface area contributed by atoms with E-state index in [1.54, 1.807) is 20.8 Å². The van der Waals surface area contributed by atoms with Gasteiger partial charge in [0.15, 0.2) is 0 Å². The van der Waals surface area contributed by atoms with Crippen molar-refractivity contribution in [3.63, 3.8) is 0 Å². The number of nitrogens with one attached hydrogen (secondary N) is 1. The molecular weight excluding hydrogens is 454 g/mol. The smallest absolute Gasteiger partial charge is 0.261 e. The van der Waals surface area contributed by atoms with Gasteiger partial charge < -0.3 is 0 Å². The Balaban J connectivity index is 1.83.